The number of hydrogen-bond donors (Lipinski definition) is 0. The first-order valence-corrected chi connectivity index (χ1v) is 8.15. The van der Waals surface area contributed by atoms with Crippen molar-refractivity contribution in [3.63, 3.8) is 0 Å². The smallest absolute Gasteiger partial charge is 0.152 e. The van der Waals surface area contributed by atoms with Crippen molar-refractivity contribution in [3.8, 4) is 0 Å². The highest BCUT2D eigenvalue weighted by Crippen LogP contribution is 2.48. The van der Waals surface area contributed by atoms with Crippen molar-refractivity contribution in [3.05, 3.63) is 35.9 Å². The Balaban J connectivity index is 1.90. The Morgan fingerprint density at radius 3 is 2.29 bits per heavy atom. The summed E-state index contributed by atoms with van der Waals surface area (Å²) >= 11 is 0. The third-order valence-electron chi connectivity index (χ3n) is 3.51. The zero-order valence-corrected chi connectivity index (χ0v) is 11.6. The molecule has 1 aliphatic heterocycles. The average molecular weight is 252 g/mol. The molecule has 1 aromatic rings. The highest BCUT2D eigenvalue weighted by Gasteiger charge is 2.30. The lowest BCUT2D eigenvalue weighted by atomic mass is 10.2. The van der Waals surface area contributed by atoms with Crippen LogP contribution in [0.2, 0.25) is 0 Å². The van der Waals surface area contributed by atoms with E-state index in [9.17, 15) is 4.57 Å². The lowest BCUT2D eigenvalue weighted by Gasteiger charge is -2.35. The number of nitrogens with zero attached hydrogens (tertiary/aromatic N) is 2. The zero-order valence-electron chi connectivity index (χ0n) is 10.7. The van der Waals surface area contributed by atoms with Crippen molar-refractivity contribution in [1.82, 2.24) is 9.57 Å². The van der Waals surface area contributed by atoms with Gasteiger partial charge in [-0.3, -0.25) is 9.57 Å². The van der Waals surface area contributed by atoms with Crippen molar-refractivity contribution in [2.75, 3.05) is 39.5 Å². The molecule has 4 heteroatoms. The van der Waals surface area contributed by atoms with Gasteiger partial charge in [0.05, 0.1) is 0 Å². The molecular weight excluding hydrogens is 231 g/mol. The maximum Gasteiger partial charge on any atom is 0.152 e. The normalized spacial score (nSPS) is 20.6. The fourth-order valence-electron chi connectivity index (χ4n) is 2.22. The molecule has 3 nitrogen and oxygen atoms in total. The van der Waals surface area contributed by atoms with E-state index in [1.54, 1.807) is 0 Å². The van der Waals surface area contributed by atoms with Crippen LogP contribution in [-0.4, -0.2) is 49.1 Å². The maximum absolute atomic E-state index is 12.4. The minimum absolute atomic E-state index is 0.826. The molecule has 1 fully saturated rings. The van der Waals surface area contributed by atoms with Gasteiger partial charge in [-0.15, -0.1) is 0 Å². The van der Waals surface area contributed by atoms with Crippen LogP contribution in [-0.2, 0) is 11.1 Å². The van der Waals surface area contributed by atoms with Crippen LogP contribution in [0.25, 0.3) is 0 Å². The molecule has 0 saturated carbocycles. The zero-order chi connectivity index (χ0) is 12.3. The Morgan fingerprint density at radius 2 is 1.76 bits per heavy atom. The maximum atomic E-state index is 12.4. The van der Waals surface area contributed by atoms with Crippen LogP contribution >= 0.6 is 7.29 Å². The minimum Gasteiger partial charge on any atom is -0.306 e. The predicted octanol–water partition coefficient (Wildman–Crippen LogP) is 2.34. The Bertz CT molecular complexity index is 393. The summed E-state index contributed by atoms with van der Waals surface area (Å²) in [7, 11) is 1.84. The van der Waals surface area contributed by atoms with E-state index in [1.807, 2.05) is 24.8 Å². The summed E-state index contributed by atoms with van der Waals surface area (Å²) < 4.78 is 14.4. The molecule has 0 aromatic heterocycles. The van der Waals surface area contributed by atoms with E-state index in [1.165, 1.54) is 5.56 Å². The van der Waals surface area contributed by atoms with Crippen molar-refractivity contribution < 1.29 is 4.57 Å². The molecule has 94 valence electrons. The van der Waals surface area contributed by atoms with E-state index in [2.05, 4.69) is 29.2 Å². The lowest BCUT2D eigenvalue weighted by Crippen LogP contribution is -2.37. The lowest BCUT2D eigenvalue weighted by molar-refractivity contribution is 0.282. The van der Waals surface area contributed by atoms with Crippen LogP contribution in [0, 0.1) is 0 Å². The molecule has 0 unspecified atom stereocenters. The van der Waals surface area contributed by atoms with Crippen LogP contribution in [0.5, 0.6) is 0 Å². The van der Waals surface area contributed by atoms with E-state index in [4.69, 9.17) is 0 Å². The largest absolute Gasteiger partial charge is 0.306 e. The molecule has 0 radical (unpaired) electrons. The van der Waals surface area contributed by atoms with Crippen LogP contribution < -0.4 is 0 Å². The van der Waals surface area contributed by atoms with Gasteiger partial charge in [0.15, 0.2) is 7.29 Å². The van der Waals surface area contributed by atoms with E-state index in [0.29, 0.717) is 0 Å². The Morgan fingerprint density at radius 1 is 1.18 bits per heavy atom. The van der Waals surface area contributed by atoms with E-state index in [0.717, 1.165) is 32.0 Å². The molecule has 0 aliphatic carbocycles. The van der Waals surface area contributed by atoms with E-state index >= 15 is 0 Å². The molecule has 17 heavy (non-hydrogen) atoms. The molecule has 1 saturated heterocycles. The topological polar surface area (TPSA) is 23.6 Å². The van der Waals surface area contributed by atoms with Gasteiger partial charge in [-0.2, -0.15) is 0 Å². The molecule has 1 aliphatic rings. The second kappa shape index (κ2) is 5.34. The standard InChI is InChI=1S/C13H21N2OP/c1-14(2)17(16)10-8-15(9-11-17)12-13-6-4-3-5-7-13/h3-7H,8-12H2,1-2H3. The Labute approximate surface area is 104 Å². The molecule has 1 heterocycles. The van der Waals surface area contributed by atoms with Gasteiger partial charge in [-0.05, 0) is 19.7 Å². The van der Waals surface area contributed by atoms with Crippen molar-refractivity contribution in [2.45, 2.75) is 6.54 Å². The number of rotatable bonds is 3. The SMILES string of the molecule is CN(C)P1(=O)CCN(Cc2ccccc2)CC1. The van der Waals surface area contributed by atoms with Gasteiger partial charge in [-0.25, -0.2) is 0 Å². The third kappa shape index (κ3) is 3.19. The van der Waals surface area contributed by atoms with Crippen LogP contribution in [0.4, 0.5) is 0 Å². The van der Waals surface area contributed by atoms with Crippen molar-refractivity contribution in [1.29, 1.82) is 0 Å². The first-order chi connectivity index (χ1) is 8.10. The van der Waals surface area contributed by atoms with Gasteiger partial charge in [0.25, 0.3) is 0 Å². The fraction of sp³-hybridized carbons (Fsp3) is 0.538. The molecule has 2 rings (SSSR count). The first-order valence-electron chi connectivity index (χ1n) is 6.12. The number of hydrogen-bond acceptors (Lipinski definition) is 2. The van der Waals surface area contributed by atoms with E-state index in [-0.39, 0.29) is 0 Å². The molecule has 0 amide bonds. The van der Waals surface area contributed by atoms with Gasteiger partial charge >= 0.3 is 0 Å². The van der Waals surface area contributed by atoms with Crippen LogP contribution in [0.1, 0.15) is 5.56 Å². The van der Waals surface area contributed by atoms with Crippen molar-refractivity contribution >= 4 is 7.29 Å². The van der Waals surface area contributed by atoms with Gasteiger partial charge < -0.3 is 4.57 Å². The minimum atomic E-state index is -2.04. The summed E-state index contributed by atoms with van der Waals surface area (Å²) in [6.07, 6.45) is 1.65. The van der Waals surface area contributed by atoms with Gasteiger partial charge in [-0.1, -0.05) is 30.3 Å². The summed E-state index contributed by atoms with van der Waals surface area (Å²) in [5.74, 6) is 0. The van der Waals surface area contributed by atoms with E-state index < -0.39 is 7.29 Å². The van der Waals surface area contributed by atoms with Gasteiger partial charge in [0.1, 0.15) is 0 Å². The van der Waals surface area contributed by atoms with Crippen LogP contribution in [0.15, 0.2) is 30.3 Å². The highest BCUT2D eigenvalue weighted by molar-refractivity contribution is 7.61. The molecule has 0 spiro atoms. The monoisotopic (exact) mass is 252 g/mol. The van der Waals surface area contributed by atoms with Gasteiger partial charge in [0.2, 0.25) is 0 Å². The first kappa shape index (κ1) is 12.8. The van der Waals surface area contributed by atoms with Gasteiger partial charge in [0, 0.05) is 32.0 Å². The molecular formula is C13H21N2OP. The molecule has 0 bridgehead atoms. The number of benzene rings is 1. The molecule has 1 aromatic carbocycles. The third-order valence-corrected chi connectivity index (χ3v) is 6.76. The predicted molar refractivity (Wildman–Crippen MR) is 72.7 cm³/mol. The summed E-state index contributed by atoms with van der Waals surface area (Å²) in [4.78, 5) is 2.40. The quantitative estimate of drug-likeness (QED) is 0.771. The molecule has 0 N–H and O–H groups in total. The highest BCUT2D eigenvalue weighted by atomic mass is 31.2. The molecule has 0 atom stereocenters. The second-order valence-electron chi connectivity index (χ2n) is 4.90. The second-order valence-corrected chi connectivity index (χ2v) is 8.29. The van der Waals surface area contributed by atoms with Crippen molar-refractivity contribution in [2.24, 2.45) is 0 Å². The summed E-state index contributed by atoms with van der Waals surface area (Å²) in [5.41, 5.74) is 1.34. The Hall–Kier alpha value is -0.630. The Kier molecular flexibility index (Phi) is 4.03. The summed E-state index contributed by atoms with van der Waals surface area (Å²) in [6, 6.07) is 10.5. The summed E-state index contributed by atoms with van der Waals surface area (Å²) in [6.45, 7) is 2.88. The average Bonchev–Trinajstić information content (AvgIpc) is 2.33. The summed E-state index contributed by atoms with van der Waals surface area (Å²) in [5, 5.41) is 0. The fourth-order valence-corrected chi connectivity index (χ4v) is 4.43. The van der Waals surface area contributed by atoms with Crippen LogP contribution in [0.3, 0.4) is 0 Å².